The number of amides is 1. The van der Waals surface area contributed by atoms with E-state index in [1.807, 2.05) is 38.1 Å². The monoisotopic (exact) mass is 318 g/mol. The maximum absolute atomic E-state index is 11.7. The Morgan fingerprint density at radius 1 is 1.09 bits per heavy atom. The first-order valence-corrected chi connectivity index (χ1v) is 8.20. The highest BCUT2D eigenvalue weighted by molar-refractivity contribution is 5.92. The number of nitrogens with one attached hydrogen (secondary N) is 3. The number of rotatable bonds is 6. The molecule has 23 heavy (non-hydrogen) atoms. The van der Waals surface area contributed by atoms with E-state index in [1.165, 1.54) is 0 Å². The van der Waals surface area contributed by atoms with Crippen LogP contribution in [0.15, 0.2) is 29.3 Å². The normalized spacial score (nSPS) is 13.1. The molecule has 0 radical (unpaired) electrons. The second-order valence-corrected chi connectivity index (χ2v) is 6.44. The van der Waals surface area contributed by atoms with E-state index < -0.39 is 0 Å². The summed E-state index contributed by atoms with van der Waals surface area (Å²) in [5.74, 6) is 1.35. The van der Waals surface area contributed by atoms with Gasteiger partial charge < -0.3 is 16.0 Å². The maximum Gasteiger partial charge on any atom is 0.226 e. The number of nitrogens with zero attached hydrogens (tertiary/aromatic N) is 1. The molecule has 0 fully saturated rings. The zero-order chi connectivity index (χ0) is 17.4. The third-order valence-electron chi connectivity index (χ3n) is 3.79. The summed E-state index contributed by atoms with van der Waals surface area (Å²) < 4.78 is 0. The van der Waals surface area contributed by atoms with Gasteiger partial charge in [-0.1, -0.05) is 39.8 Å². The molecule has 1 unspecified atom stereocenters. The summed E-state index contributed by atoms with van der Waals surface area (Å²) in [7, 11) is 1.77. The number of carbonyl (C=O) groups is 1. The molecule has 3 N–H and O–H groups in total. The van der Waals surface area contributed by atoms with Crippen molar-refractivity contribution in [1.82, 2.24) is 10.6 Å². The highest BCUT2D eigenvalue weighted by atomic mass is 16.1. The number of hydrogen-bond acceptors (Lipinski definition) is 2. The van der Waals surface area contributed by atoms with Crippen molar-refractivity contribution in [3.8, 4) is 0 Å². The molecule has 0 bridgehead atoms. The second-order valence-electron chi connectivity index (χ2n) is 6.44. The van der Waals surface area contributed by atoms with Crippen molar-refractivity contribution in [3.63, 3.8) is 0 Å². The first-order valence-electron chi connectivity index (χ1n) is 8.20. The summed E-state index contributed by atoms with van der Waals surface area (Å²) in [6, 6.07) is 8.20. The van der Waals surface area contributed by atoms with Gasteiger partial charge >= 0.3 is 0 Å². The van der Waals surface area contributed by atoms with Crippen LogP contribution in [-0.2, 0) is 11.3 Å². The number of carbonyl (C=O) groups excluding carboxylic acids is 1. The molecular formula is C18H30N4O. The highest BCUT2D eigenvalue weighted by Crippen LogP contribution is 2.11. The molecule has 128 valence electrons. The van der Waals surface area contributed by atoms with Gasteiger partial charge in [0.25, 0.3) is 0 Å². The molecule has 0 aliphatic heterocycles. The van der Waals surface area contributed by atoms with Gasteiger partial charge in [0.2, 0.25) is 5.91 Å². The SMILES string of the molecule is CN=C(NCc1ccc(NC(=O)C(C)C)cc1)NC(C)C(C)C. The zero-order valence-electron chi connectivity index (χ0n) is 15.1. The molecule has 0 saturated heterocycles. The topological polar surface area (TPSA) is 65.5 Å². The standard InChI is InChI=1S/C18H30N4O/c1-12(2)14(5)21-18(19-6)20-11-15-7-9-16(10-8-15)22-17(23)13(3)4/h7-10,12-14H,11H2,1-6H3,(H,22,23)(H2,19,20,21). The van der Waals surface area contributed by atoms with Crippen LogP contribution >= 0.6 is 0 Å². The quantitative estimate of drug-likeness (QED) is 0.558. The summed E-state index contributed by atoms with van der Waals surface area (Å²) >= 11 is 0. The third kappa shape index (κ3) is 6.72. The first-order chi connectivity index (χ1) is 10.8. The Balaban J connectivity index is 2.53. The summed E-state index contributed by atoms with van der Waals surface area (Å²) in [6.07, 6.45) is 0. The third-order valence-corrected chi connectivity index (χ3v) is 3.79. The molecule has 0 spiro atoms. The highest BCUT2D eigenvalue weighted by Gasteiger charge is 2.09. The van der Waals surface area contributed by atoms with Crippen LogP contribution in [0.2, 0.25) is 0 Å². The minimum Gasteiger partial charge on any atom is -0.354 e. The van der Waals surface area contributed by atoms with E-state index >= 15 is 0 Å². The van der Waals surface area contributed by atoms with Crippen LogP contribution in [0.1, 0.15) is 40.2 Å². The van der Waals surface area contributed by atoms with E-state index in [9.17, 15) is 4.79 Å². The molecule has 0 aliphatic rings. The van der Waals surface area contributed by atoms with Gasteiger partial charge in [-0.15, -0.1) is 0 Å². The lowest BCUT2D eigenvalue weighted by Gasteiger charge is -2.20. The first kappa shape index (κ1) is 19.0. The van der Waals surface area contributed by atoms with Gasteiger partial charge in [0.05, 0.1) is 0 Å². The fourth-order valence-corrected chi connectivity index (χ4v) is 1.76. The Labute approximate surface area is 140 Å². The van der Waals surface area contributed by atoms with E-state index in [2.05, 4.69) is 41.7 Å². The number of hydrogen-bond donors (Lipinski definition) is 3. The van der Waals surface area contributed by atoms with Crippen LogP contribution in [-0.4, -0.2) is 25.0 Å². The zero-order valence-corrected chi connectivity index (χ0v) is 15.1. The second kappa shape index (κ2) is 9.18. The Morgan fingerprint density at radius 3 is 2.17 bits per heavy atom. The van der Waals surface area contributed by atoms with Crippen LogP contribution in [0.25, 0.3) is 0 Å². The maximum atomic E-state index is 11.7. The molecule has 5 heteroatoms. The molecule has 0 aliphatic carbocycles. The van der Waals surface area contributed by atoms with Gasteiger partial charge in [-0.25, -0.2) is 0 Å². The summed E-state index contributed by atoms with van der Waals surface area (Å²) in [5.41, 5.74) is 1.95. The molecular weight excluding hydrogens is 288 g/mol. The fraction of sp³-hybridized carbons (Fsp3) is 0.556. The van der Waals surface area contributed by atoms with Gasteiger partial charge in [0.15, 0.2) is 5.96 Å². The Hall–Kier alpha value is -2.04. The van der Waals surface area contributed by atoms with Gasteiger partial charge in [0, 0.05) is 31.2 Å². The van der Waals surface area contributed by atoms with Crippen LogP contribution in [0.5, 0.6) is 0 Å². The van der Waals surface area contributed by atoms with Crippen LogP contribution in [0.4, 0.5) is 5.69 Å². The molecule has 1 rings (SSSR count). The lowest BCUT2D eigenvalue weighted by molar-refractivity contribution is -0.118. The smallest absolute Gasteiger partial charge is 0.226 e. The van der Waals surface area contributed by atoms with Crippen molar-refractivity contribution in [2.45, 2.75) is 47.2 Å². The lowest BCUT2D eigenvalue weighted by Crippen LogP contribution is -2.43. The number of guanidine groups is 1. The van der Waals surface area contributed by atoms with Crippen molar-refractivity contribution >= 4 is 17.6 Å². The summed E-state index contributed by atoms with van der Waals surface area (Å²) in [6.45, 7) is 10.9. The van der Waals surface area contributed by atoms with Gasteiger partial charge in [-0.05, 0) is 30.5 Å². The van der Waals surface area contributed by atoms with Crippen molar-refractivity contribution in [1.29, 1.82) is 0 Å². The molecule has 1 aromatic rings. The van der Waals surface area contributed by atoms with Crippen LogP contribution in [0.3, 0.4) is 0 Å². The minimum absolute atomic E-state index is 0.0197. The average Bonchev–Trinajstić information content (AvgIpc) is 2.52. The minimum atomic E-state index is -0.0197. The molecule has 1 amide bonds. The molecule has 1 atom stereocenters. The van der Waals surface area contributed by atoms with Crippen molar-refractivity contribution in [2.75, 3.05) is 12.4 Å². The van der Waals surface area contributed by atoms with Crippen LogP contribution in [0, 0.1) is 11.8 Å². The largest absolute Gasteiger partial charge is 0.354 e. The predicted octanol–water partition coefficient (Wildman–Crippen LogP) is 2.99. The van der Waals surface area contributed by atoms with E-state index in [0.29, 0.717) is 18.5 Å². The number of anilines is 1. The Morgan fingerprint density at radius 2 is 1.70 bits per heavy atom. The molecule has 0 aromatic heterocycles. The number of aliphatic imine (C=N–C) groups is 1. The molecule has 0 saturated carbocycles. The van der Waals surface area contributed by atoms with Gasteiger partial charge in [-0.2, -0.15) is 0 Å². The van der Waals surface area contributed by atoms with Crippen molar-refractivity contribution in [3.05, 3.63) is 29.8 Å². The average molecular weight is 318 g/mol. The Bertz CT molecular complexity index is 520. The summed E-state index contributed by atoms with van der Waals surface area (Å²) in [4.78, 5) is 15.9. The van der Waals surface area contributed by atoms with E-state index in [-0.39, 0.29) is 11.8 Å². The lowest BCUT2D eigenvalue weighted by atomic mass is 10.1. The fourth-order valence-electron chi connectivity index (χ4n) is 1.76. The van der Waals surface area contributed by atoms with E-state index in [0.717, 1.165) is 17.2 Å². The van der Waals surface area contributed by atoms with Crippen LogP contribution < -0.4 is 16.0 Å². The number of benzene rings is 1. The van der Waals surface area contributed by atoms with E-state index in [1.54, 1.807) is 7.05 Å². The van der Waals surface area contributed by atoms with Gasteiger partial charge in [0.1, 0.15) is 0 Å². The van der Waals surface area contributed by atoms with Crippen molar-refractivity contribution in [2.24, 2.45) is 16.8 Å². The predicted molar refractivity (Wildman–Crippen MR) is 97.5 cm³/mol. The molecule has 5 nitrogen and oxygen atoms in total. The van der Waals surface area contributed by atoms with Crippen molar-refractivity contribution < 1.29 is 4.79 Å². The molecule has 0 heterocycles. The van der Waals surface area contributed by atoms with E-state index in [4.69, 9.17) is 0 Å². The Kier molecular flexibility index (Phi) is 7.59. The molecule has 1 aromatic carbocycles. The van der Waals surface area contributed by atoms with Gasteiger partial charge in [-0.3, -0.25) is 9.79 Å². The summed E-state index contributed by atoms with van der Waals surface area (Å²) in [5, 5.41) is 9.56.